The van der Waals surface area contributed by atoms with Gasteiger partial charge in [0.25, 0.3) is 11.5 Å². The summed E-state index contributed by atoms with van der Waals surface area (Å²) in [6, 6.07) is 18.7. The van der Waals surface area contributed by atoms with Crippen LogP contribution >= 0.6 is 24.0 Å². The number of thiocarbonyl (C=S) groups is 1. The van der Waals surface area contributed by atoms with Gasteiger partial charge in [0.05, 0.1) is 16.3 Å². The van der Waals surface area contributed by atoms with E-state index in [1.54, 1.807) is 49.0 Å². The molecular formula is C25H18FN3O3S2. The minimum absolute atomic E-state index is 0.220. The lowest BCUT2D eigenvalue weighted by molar-refractivity contribution is -0.113. The molecule has 1 saturated heterocycles. The zero-order valence-electron chi connectivity index (χ0n) is 18.2. The molecule has 1 amide bonds. The summed E-state index contributed by atoms with van der Waals surface area (Å²) in [6.07, 6.45) is 1.58. The van der Waals surface area contributed by atoms with E-state index in [1.165, 1.54) is 21.7 Å². The van der Waals surface area contributed by atoms with Crippen LogP contribution in [0.1, 0.15) is 11.5 Å². The summed E-state index contributed by atoms with van der Waals surface area (Å²) in [6.45, 7) is 1.77. The van der Waals surface area contributed by atoms with Gasteiger partial charge in [-0.05, 0) is 43.3 Å². The van der Waals surface area contributed by atoms with Crippen LogP contribution in [0.5, 0.6) is 0 Å². The zero-order chi connectivity index (χ0) is 24.0. The van der Waals surface area contributed by atoms with Gasteiger partial charge < -0.3 is 4.42 Å². The summed E-state index contributed by atoms with van der Waals surface area (Å²) >= 11 is 6.57. The van der Waals surface area contributed by atoms with Gasteiger partial charge >= 0.3 is 0 Å². The van der Waals surface area contributed by atoms with E-state index in [9.17, 15) is 14.0 Å². The van der Waals surface area contributed by atoms with Crippen molar-refractivity contribution in [1.29, 1.82) is 0 Å². The van der Waals surface area contributed by atoms with Crippen molar-refractivity contribution < 1.29 is 13.6 Å². The quantitative estimate of drug-likeness (QED) is 0.287. The van der Waals surface area contributed by atoms with Crippen molar-refractivity contribution in [3.8, 4) is 17.0 Å². The number of benzene rings is 2. The molecule has 170 valence electrons. The number of carbonyl (C=O) groups is 1. The molecule has 0 aliphatic carbocycles. The average molecular weight is 492 g/mol. The number of furan rings is 1. The molecule has 0 radical (unpaired) electrons. The van der Waals surface area contributed by atoms with Crippen LogP contribution in [0.25, 0.3) is 23.1 Å². The fourth-order valence-electron chi connectivity index (χ4n) is 3.83. The molecule has 2 aromatic carbocycles. The predicted octanol–water partition coefficient (Wildman–Crippen LogP) is 5.29. The first kappa shape index (κ1) is 22.1. The molecule has 0 saturated carbocycles. The number of rotatable bonds is 4. The van der Waals surface area contributed by atoms with Gasteiger partial charge in [0.15, 0.2) is 4.32 Å². The van der Waals surface area contributed by atoms with Gasteiger partial charge in [-0.3, -0.25) is 19.2 Å². The van der Waals surface area contributed by atoms with E-state index in [-0.39, 0.29) is 21.4 Å². The molecule has 0 bridgehead atoms. The zero-order valence-corrected chi connectivity index (χ0v) is 19.8. The van der Waals surface area contributed by atoms with Crippen LogP contribution in [0.15, 0.2) is 80.8 Å². The van der Waals surface area contributed by atoms with Gasteiger partial charge in [-0.25, -0.2) is 9.07 Å². The number of aromatic nitrogens is 2. The summed E-state index contributed by atoms with van der Waals surface area (Å²) in [5.74, 6) is 0.137. The highest BCUT2D eigenvalue weighted by molar-refractivity contribution is 8.27. The topological polar surface area (TPSA) is 60.4 Å². The van der Waals surface area contributed by atoms with E-state index >= 15 is 0 Å². The second-order valence-electron chi connectivity index (χ2n) is 7.64. The third-order valence-electron chi connectivity index (χ3n) is 5.55. The fourth-order valence-corrected chi connectivity index (χ4v) is 5.08. The number of nitrogens with zero attached hydrogens (tertiary/aromatic N) is 3. The Hall–Kier alpha value is -3.69. The third-order valence-corrected chi connectivity index (χ3v) is 6.85. The van der Waals surface area contributed by atoms with Crippen LogP contribution in [-0.4, -0.2) is 19.6 Å². The van der Waals surface area contributed by atoms with Crippen molar-refractivity contribution in [2.75, 3.05) is 4.90 Å². The first-order valence-electron chi connectivity index (χ1n) is 10.3. The Morgan fingerprint density at radius 3 is 2.53 bits per heavy atom. The van der Waals surface area contributed by atoms with Crippen LogP contribution in [0.3, 0.4) is 0 Å². The lowest BCUT2D eigenvalue weighted by Gasteiger charge is -2.12. The van der Waals surface area contributed by atoms with Crippen molar-refractivity contribution in [2.45, 2.75) is 6.92 Å². The first-order valence-corrected chi connectivity index (χ1v) is 11.6. The van der Waals surface area contributed by atoms with Gasteiger partial charge in [0, 0.05) is 18.7 Å². The summed E-state index contributed by atoms with van der Waals surface area (Å²) in [4.78, 5) is 28.3. The molecule has 0 unspecified atom stereocenters. The van der Waals surface area contributed by atoms with Gasteiger partial charge in [-0.1, -0.05) is 54.3 Å². The third kappa shape index (κ3) is 3.72. The predicted molar refractivity (Wildman–Crippen MR) is 136 cm³/mol. The molecule has 5 rings (SSSR count). The highest BCUT2D eigenvalue weighted by atomic mass is 32.2. The lowest BCUT2D eigenvalue weighted by atomic mass is 10.2. The van der Waals surface area contributed by atoms with Crippen LogP contribution in [-0.2, 0) is 11.8 Å². The SMILES string of the molecule is Cc1c(N2C(=O)/C(=C\c3ccc(-c4cccc(F)c4)o3)SC2=S)c(=O)n(-c2ccccc2)n1C. The Bertz CT molecular complexity index is 1530. The Morgan fingerprint density at radius 2 is 1.79 bits per heavy atom. The maximum absolute atomic E-state index is 13.5. The van der Waals surface area contributed by atoms with E-state index < -0.39 is 5.91 Å². The Morgan fingerprint density at radius 1 is 1.03 bits per heavy atom. The van der Waals surface area contributed by atoms with Gasteiger partial charge in [-0.15, -0.1) is 0 Å². The minimum Gasteiger partial charge on any atom is -0.457 e. The van der Waals surface area contributed by atoms with Crippen molar-refractivity contribution >= 4 is 46.0 Å². The molecule has 1 aliphatic rings. The number of anilines is 1. The highest BCUT2D eigenvalue weighted by Crippen LogP contribution is 2.37. The number of amides is 1. The largest absolute Gasteiger partial charge is 0.457 e. The molecule has 1 fully saturated rings. The Kier molecular flexibility index (Phi) is 5.59. The number of hydrogen-bond donors (Lipinski definition) is 0. The maximum Gasteiger partial charge on any atom is 0.296 e. The molecule has 4 aromatic rings. The van der Waals surface area contributed by atoms with Crippen LogP contribution in [0, 0.1) is 12.7 Å². The van der Waals surface area contributed by atoms with Crippen LogP contribution in [0.2, 0.25) is 0 Å². The van der Waals surface area contributed by atoms with Crippen molar-refractivity contribution in [2.24, 2.45) is 7.05 Å². The summed E-state index contributed by atoms with van der Waals surface area (Å²) in [7, 11) is 1.76. The van der Waals surface area contributed by atoms with E-state index in [4.69, 9.17) is 16.6 Å². The number of halogens is 1. The highest BCUT2D eigenvalue weighted by Gasteiger charge is 2.38. The minimum atomic E-state index is -0.398. The monoisotopic (exact) mass is 491 g/mol. The van der Waals surface area contributed by atoms with Gasteiger partial charge in [0.2, 0.25) is 0 Å². The Labute approximate surface area is 203 Å². The molecular weight excluding hydrogens is 473 g/mol. The van der Waals surface area contributed by atoms with Crippen molar-refractivity contribution in [3.05, 3.63) is 99.3 Å². The molecule has 0 N–H and O–H groups in total. The summed E-state index contributed by atoms with van der Waals surface area (Å²) in [5, 5.41) is 0. The van der Waals surface area contributed by atoms with E-state index in [0.717, 1.165) is 11.8 Å². The van der Waals surface area contributed by atoms with Gasteiger partial charge in [0.1, 0.15) is 23.0 Å². The molecule has 6 nitrogen and oxygen atoms in total. The smallest absolute Gasteiger partial charge is 0.296 e. The Balaban J connectivity index is 1.50. The second kappa shape index (κ2) is 8.58. The average Bonchev–Trinajstić information content (AvgIpc) is 3.46. The first-order chi connectivity index (χ1) is 16.3. The fraction of sp³-hybridized carbons (Fsp3) is 0.0800. The molecule has 0 atom stereocenters. The van der Waals surface area contributed by atoms with Crippen LogP contribution < -0.4 is 10.5 Å². The van der Waals surface area contributed by atoms with E-state index in [1.807, 2.05) is 30.3 Å². The van der Waals surface area contributed by atoms with Gasteiger partial charge in [-0.2, -0.15) is 0 Å². The standard InChI is InChI=1S/C25H18FN3O3S2/c1-15-22(24(31)29(27(15)2)18-9-4-3-5-10-18)28-23(30)21(34-25(28)33)14-19-11-12-20(32-19)16-7-6-8-17(26)13-16/h3-14H,1-2H3/b21-14+. The molecule has 9 heteroatoms. The van der Waals surface area contributed by atoms with Crippen LogP contribution in [0.4, 0.5) is 10.1 Å². The number of carbonyl (C=O) groups excluding carboxylic acids is 1. The maximum atomic E-state index is 13.5. The molecule has 0 spiro atoms. The second-order valence-corrected chi connectivity index (χ2v) is 9.32. The normalized spacial score (nSPS) is 15.0. The molecule has 34 heavy (non-hydrogen) atoms. The molecule has 3 heterocycles. The molecule has 2 aromatic heterocycles. The molecule has 1 aliphatic heterocycles. The summed E-state index contributed by atoms with van der Waals surface area (Å²) in [5.41, 5.74) is 1.77. The number of hydrogen-bond acceptors (Lipinski definition) is 5. The lowest BCUT2D eigenvalue weighted by Crippen LogP contribution is -2.33. The van der Waals surface area contributed by atoms with E-state index in [2.05, 4.69) is 0 Å². The van der Waals surface area contributed by atoms with Crippen molar-refractivity contribution in [3.63, 3.8) is 0 Å². The summed E-state index contributed by atoms with van der Waals surface area (Å²) < 4.78 is 22.8. The number of thioether (sulfide) groups is 1. The number of para-hydroxylation sites is 1. The van der Waals surface area contributed by atoms with E-state index in [0.29, 0.717) is 33.4 Å². The van der Waals surface area contributed by atoms with Crippen molar-refractivity contribution in [1.82, 2.24) is 9.36 Å².